The average molecular weight is 233 g/mol. The highest BCUT2D eigenvalue weighted by atomic mass is 16.5. The summed E-state index contributed by atoms with van der Waals surface area (Å²) < 4.78 is 6.15. The van der Waals surface area contributed by atoms with Crippen LogP contribution in [0.15, 0.2) is 30.6 Å². The van der Waals surface area contributed by atoms with Crippen LogP contribution in [0, 0.1) is 0 Å². The lowest BCUT2D eigenvalue weighted by Gasteiger charge is -2.00. The quantitative estimate of drug-likeness (QED) is 0.770. The zero-order valence-corrected chi connectivity index (χ0v) is 9.21. The van der Waals surface area contributed by atoms with Crippen LogP contribution in [0.25, 0.3) is 5.65 Å². The fourth-order valence-corrected chi connectivity index (χ4v) is 1.36. The summed E-state index contributed by atoms with van der Waals surface area (Å²) in [7, 11) is 1.26. The number of pyridine rings is 1. The largest absolute Gasteiger partial charge is 0.468 e. The van der Waals surface area contributed by atoms with Crippen molar-refractivity contribution in [3.8, 4) is 0 Å². The molecule has 0 aromatic carbocycles. The van der Waals surface area contributed by atoms with Gasteiger partial charge in [0.15, 0.2) is 0 Å². The molecule has 6 nitrogen and oxygen atoms in total. The Bertz CT molecular complexity index is 529. The molecule has 1 amide bonds. The first kappa shape index (κ1) is 11.1. The van der Waals surface area contributed by atoms with Crippen LogP contribution in [0.1, 0.15) is 10.5 Å². The van der Waals surface area contributed by atoms with Crippen molar-refractivity contribution in [3.05, 3.63) is 36.3 Å². The zero-order valence-electron chi connectivity index (χ0n) is 9.21. The van der Waals surface area contributed by atoms with E-state index >= 15 is 0 Å². The van der Waals surface area contributed by atoms with Crippen LogP contribution in [0.4, 0.5) is 0 Å². The highest BCUT2D eigenvalue weighted by Gasteiger charge is 2.11. The van der Waals surface area contributed by atoms with Gasteiger partial charge in [-0.05, 0) is 12.1 Å². The molecule has 2 heterocycles. The van der Waals surface area contributed by atoms with E-state index in [0.717, 1.165) is 0 Å². The van der Waals surface area contributed by atoms with Gasteiger partial charge in [0.25, 0.3) is 5.91 Å². The molecule has 2 rings (SSSR count). The lowest BCUT2D eigenvalue weighted by Crippen LogP contribution is -2.30. The van der Waals surface area contributed by atoms with Crippen molar-refractivity contribution in [3.63, 3.8) is 0 Å². The molecule has 6 heteroatoms. The molecule has 2 aromatic heterocycles. The summed E-state index contributed by atoms with van der Waals surface area (Å²) in [5, 5.41) is 2.42. The number of imidazole rings is 1. The monoisotopic (exact) mass is 233 g/mol. The number of nitrogens with zero attached hydrogens (tertiary/aromatic N) is 2. The minimum absolute atomic E-state index is 0.163. The van der Waals surface area contributed by atoms with Gasteiger partial charge in [-0.25, -0.2) is 4.98 Å². The summed E-state index contributed by atoms with van der Waals surface area (Å²) in [6.45, 7) is -0.163. The fourth-order valence-electron chi connectivity index (χ4n) is 1.36. The molecular formula is C11H11N3O3. The Morgan fingerprint density at radius 1 is 1.47 bits per heavy atom. The maximum atomic E-state index is 11.6. The number of amides is 1. The van der Waals surface area contributed by atoms with Crippen molar-refractivity contribution in [2.45, 2.75) is 0 Å². The third kappa shape index (κ3) is 2.41. The second-order valence-corrected chi connectivity index (χ2v) is 3.35. The van der Waals surface area contributed by atoms with E-state index in [4.69, 9.17) is 0 Å². The zero-order chi connectivity index (χ0) is 12.3. The molecule has 0 unspecified atom stereocenters. The normalized spacial score (nSPS) is 10.2. The molecule has 0 atom stereocenters. The lowest BCUT2D eigenvalue weighted by atomic mass is 10.4. The van der Waals surface area contributed by atoms with E-state index in [2.05, 4.69) is 15.0 Å². The third-order valence-corrected chi connectivity index (χ3v) is 2.22. The molecule has 17 heavy (non-hydrogen) atoms. The Morgan fingerprint density at radius 3 is 3.00 bits per heavy atom. The number of carbonyl (C=O) groups is 2. The summed E-state index contributed by atoms with van der Waals surface area (Å²) in [5.41, 5.74) is 0.941. The number of hydrogen-bond donors (Lipinski definition) is 1. The van der Waals surface area contributed by atoms with Gasteiger partial charge in [-0.2, -0.15) is 0 Å². The van der Waals surface area contributed by atoms with E-state index in [1.165, 1.54) is 7.11 Å². The van der Waals surface area contributed by atoms with Gasteiger partial charge in [-0.1, -0.05) is 6.07 Å². The lowest BCUT2D eigenvalue weighted by molar-refractivity contribution is -0.139. The molecule has 0 aliphatic carbocycles. The molecule has 0 saturated carbocycles. The molecule has 0 aliphatic rings. The maximum Gasteiger partial charge on any atom is 0.325 e. The number of methoxy groups -OCH3 is 1. The number of rotatable bonds is 3. The highest BCUT2D eigenvalue weighted by molar-refractivity contribution is 5.94. The Labute approximate surface area is 97.2 Å². The minimum Gasteiger partial charge on any atom is -0.468 e. The van der Waals surface area contributed by atoms with Crippen LogP contribution in [-0.4, -0.2) is 34.9 Å². The molecule has 0 saturated heterocycles. The minimum atomic E-state index is -0.498. The number of aromatic nitrogens is 2. The fraction of sp³-hybridized carbons (Fsp3) is 0.182. The van der Waals surface area contributed by atoms with Gasteiger partial charge in [-0.15, -0.1) is 0 Å². The number of ether oxygens (including phenoxy) is 1. The van der Waals surface area contributed by atoms with Crippen LogP contribution < -0.4 is 5.32 Å². The molecular weight excluding hydrogens is 222 g/mol. The van der Waals surface area contributed by atoms with Gasteiger partial charge in [0, 0.05) is 12.4 Å². The smallest absolute Gasteiger partial charge is 0.325 e. The van der Waals surface area contributed by atoms with Crippen LogP contribution >= 0.6 is 0 Å². The number of carbonyl (C=O) groups excluding carboxylic acids is 2. The van der Waals surface area contributed by atoms with Crippen LogP contribution in [0.5, 0.6) is 0 Å². The summed E-state index contributed by atoms with van der Waals surface area (Å²) in [5.74, 6) is -0.902. The van der Waals surface area contributed by atoms with Crippen molar-refractivity contribution < 1.29 is 14.3 Å². The number of hydrogen-bond acceptors (Lipinski definition) is 4. The van der Waals surface area contributed by atoms with Gasteiger partial charge >= 0.3 is 5.97 Å². The predicted molar refractivity (Wildman–Crippen MR) is 59.5 cm³/mol. The Balaban J connectivity index is 2.11. The molecule has 0 radical (unpaired) electrons. The second kappa shape index (κ2) is 4.65. The number of nitrogens with one attached hydrogen (secondary N) is 1. The number of fused-ring (bicyclic) bond motifs is 1. The molecule has 0 aliphatic heterocycles. The maximum absolute atomic E-state index is 11.6. The second-order valence-electron chi connectivity index (χ2n) is 3.35. The number of esters is 1. The Kier molecular flexibility index (Phi) is 3.04. The van der Waals surface area contributed by atoms with Gasteiger partial charge in [0.2, 0.25) is 0 Å². The van der Waals surface area contributed by atoms with Crippen molar-refractivity contribution in [1.82, 2.24) is 14.7 Å². The van der Waals surface area contributed by atoms with E-state index in [9.17, 15) is 9.59 Å². The van der Waals surface area contributed by atoms with E-state index in [1.807, 2.05) is 12.1 Å². The predicted octanol–water partition coefficient (Wildman–Crippen LogP) is 0.237. The van der Waals surface area contributed by atoms with Crippen LogP contribution in [0.3, 0.4) is 0 Å². The van der Waals surface area contributed by atoms with E-state index in [0.29, 0.717) is 5.65 Å². The standard InChI is InChI=1S/C11H11N3O3/c1-17-10(15)6-12-11(16)8-7-14-5-3-2-4-9(14)13-8/h2-5,7H,6H2,1H3,(H,12,16). The van der Waals surface area contributed by atoms with Gasteiger partial charge in [0.05, 0.1) is 7.11 Å². The summed E-state index contributed by atoms with van der Waals surface area (Å²) in [6.07, 6.45) is 3.39. The van der Waals surface area contributed by atoms with Crippen molar-refractivity contribution in [1.29, 1.82) is 0 Å². The average Bonchev–Trinajstić information content (AvgIpc) is 2.79. The highest BCUT2D eigenvalue weighted by Crippen LogP contribution is 2.03. The van der Waals surface area contributed by atoms with E-state index in [1.54, 1.807) is 22.9 Å². The molecule has 1 N–H and O–H groups in total. The van der Waals surface area contributed by atoms with Crippen LogP contribution in [-0.2, 0) is 9.53 Å². The van der Waals surface area contributed by atoms with Crippen molar-refractivity contribution in [2.24, 2.45) is 0 Å². The van der Waals surface area contributed by atoms with Gasteiger partial charge < -0.3 is 14.5 Å². The first-order valence-corrected chi connectivity index (χ1v) is 4.99. The first-order chi connectivity index (χ1) is 8.20. The van der Waals surface area contributed by atoms with Gasteiger partial charge in [0.1, 0.15) is 17.9 Å². The van der Waals surface area contributed by atoms with E-state index < -0.39 is 11.9 Å². The van der Waals surface area contributed by atoms with Crippen molar-refractivity contribution >= 4 is 17.5 Å². The topological polar surface area (TPSA) is 72.7 Å². The summed E-state index contributed by atoms with van der Waals surface area (Å²) in [6, 6.07) is 5.46. The molecule has 0 fully saturated rings. The summed E-state index contributed by atoms with van der Waals surface area (Å²) in [4.78, 5) is 26.6. The van der Waals surface area contributed by atoms with Gasteiger partial charge in [-0.3, -0.25) is 9.59 Å². The molecule has 88 valence electrons. The summed E-state index contributed by atoms with van der Waals surface area (Å²) >= 11 is 0. The molecule has 2 aromatic rings. The Morgan fingerprint density at radius 2 is 2.29 bits per heavy atom. The van der Waals surface area contributed by atoms with Crippen LogP contribution in [0.2, 0.25) is 0 Å². The SMILES string of the molecule is COC(=O)CNC(=O)c1cn2ccccc2n1. The van der Waals surface area contributed by atoms with E-state index in [-0.39, 0.29) is 12.2 Å². The molecule has 0 spiro atoms. The van der Waals surface area contributed by atoms with Crippen molar-refractivity contribution in [2.75, 3.05) is 13.7 Å². The Hall–Kier alpha value is -2.37. The molecule has 0 bridgehead atoms. The third-order valence-electron chi connectivity index (χ3n) is 2.22. The first-order valence-electron chi connectivity index (χ1n) is 4.99.